The van der Waals surface area contributed by atoms with E-state index in [1.165, 1.54) is 25.3 Å². The summed E-state index contributed by atoms with van der Waals surface area (Å²) < 4.78 is 18.5. The van der Waals surface area contributed by atoms with E-state index in [1.807, 2.05) is 6.07 Å². The molecule has 0 saturated carbocycles. The highest BCUT2D eigenvalue weighted by Gasteiger charge is 2.29. The summed E-state index contributed by atoms with van der Waals surface area (Å²) in [6.07, 6.45) is 1.11. The summed E-state index contributed by atoms with van der Waals surface area (Å²) in [6.45, 7) is 0.971. The zero-order valence-corrected chi connectivity index (χ0v) is 15.6. The number of benzene rings is 2. The Bertz CT molecular complexity index is 851. The standard InChI is InChI=1S/C20H20ClFN2O3/c1-27-18-5-3-2-4-15(18)20(26)24-10-8-13(9-11-24)19(25)23-14-6-7-17(22)16(21)12-14/h2-7,12-13H,8-11H2,1H3,(H,23,25). The number of anilines is 1. The van der Waals surface area contributed by atoms with Gasteiger partial charge in [0, 0.05) is 24.7 Å². The SMILES string of the molecule is COc1ccccc1C(=O)N1CCC(C(=O)Nc2ccc(F)c(Cl)c2)CC1. The predicted octanol–water partition coefficient (Wildman–Crippen LogP) is 3.98. The third kappa shape index (κ3) is 4.39. The molecule has 0 radical (unpaired) electrons. The lowest BCUT2D eigenvalue weighted by molar-refractivity contribution is -0.121. The van der Waals surface area contributed by atoms with Gasteiger partial charge < -0.3 is 15.0 Å². The molecule has 2 amide bonds. The number of halogens is 2. The monoisotopic (exact) mass is 390 g/mol. The van der Waals surface area contributed by atoms with E-state index in [-0.39, 0.29) is 22.8 Å². The van der Waals surface area contributed by atoms with Crippen LogP contribution in [0.25, 0.3) is 0 Å². The fraction of sp³-hybridized carbons (Fsp3) is 0.300. The zero-order chi connectivity index (χ0) is 19.4. The third-order valence-corrected chi connectivity index (χ3v) is 4.97. The van der Waals surface area contributed by atoms with Crippen LogP contribution in [0.15, 0.2) is 42.5 Å². The Kier molecular flexibility index (Phi) is 5.96. The second-order valence-electron chi connectivity index (χ2n) is 6.38. The summed E-state index contributed by atoms with van der Waals surface area (Å²) in [4.78, 5) is 26.9. The van der Waals surface area contributed by atoms with Gasteiger partial charge in [-0.3, -0.25) is 9.59 Å². The number of ether oxygens (including phenoxy) is 1. The summed E-state index contributed by atoms with van der Waals surface area (Å²) in [7, 11) is 1.53. The van der Waals surface area contributed by atoms with E-state index in [0.717, 1.165) is 0 Å². The fourth-order valence-corrected chi connectivity index (χ4v) is 3.34. The van der Waals surface area contributed by atoms with Crippen LogP contribution in [0.5, 0.6) is 5.75 Å². The molecule has 1 fully saturated rings. The summed E-state index contributed by atoms with van der Waals surface area (Å²) in [5.41, 5.74) is 0.975. The molecule has 1 aliphatic rings. The first-order valence-electron chi connectivity index (χ1n) is 8.68. The summed E-state index contributed by atoms with van der Waals surface area (Å²) in [6, 6.07) is 11.2. The van der Waals surface area contributed by atoms with Crippen LogP contribution in [0.1, 0.15) is 23.2 Å². The van der Waals surface area contributed by atoms with Crippen molar-refractivity contribution in [2.45, 2.75) is 12.8 Å². The van der Waals surface area contributed by atoms with Crippen LogP contribution in [0.3, 0.4) is 0 Å². The topological polar surface area (TPSA) is 58.6 Å². The van der Waals surface area contributed by atoms with Crippen molar-refractivity contribution in [3.05, 3.63) is 58.9 Å². The van der Waals surface area contributed by atoms with Gasteiger partial charge in [-0.1, -0.05) is 23.7 Å². The van der Waals surface area contributed by atoms with E-state index in [1.54, 1.807) is 23.1 Å². The molecule has 142 valence electrons. The molecule has 0 aromatic heterocycles. The molecule has 0 atom stereocenters. The molecule has 2 aromatic carbocycles. The Morgan fingerprint density at radius 3 is 2.56 bits per heavy atom. The second-order valence-corrected chi connectivity index (χ2v) is 6.79. The van der Waals surface area contributed by atoms with E-state index in [0.29, 0.717) is 42.9 Å². The van der Waals surface area contributed by atoms with Gasteiger partial charge in [0.25, 0.3) is 5.91 Å². The number of amides is 2. The van der Waals surface area contributed by atoms with E-state index in [2.05, 4.69) is 5.32 Å². The van der Waals surface area contributed by atoms with E-state index in [4.69, 9.17) is 16.3 Å². The number of para-hydroxylation sites is 1. The van der Waals surface area contributed by atoms with Crippen LogP contribution < -0.4 is 10.1 Å². The Labute approximate surface area is 162 Å². The van der Waals surface area contributed by atoms with Crippen molar-refractivity contribution in [2.75, 3.05) is 25.5 Å². The largest absolute Gasteiger partial charge is 0.496 e. The molecule has 0 spiro atoms. The molecule has 0 bridgehead atoms. The quantitative estimate of drug-likeness (QED) is 0.859. The molecule has 7 heteroatoms. The molecule has 5 nitrogen and oxygen atoms in total. The minimum atomic E-state index is -0.530. The molecule has 1 N–H and O–H groups in total. The molecule has 0 unspecified atom stereocenters. The Balaban J connectivity index is 1.58. The van der Waals surface area contributed by atoms with Gasteiger partial charge in [-0.05, 0) is 43.2 Å². The van der Waals surface area contributed by atoms with Crippen LogP contribution in [0, 0.1) is 11.7 Å². The Morgan fingerprint density at radius 1 is 1.19 bits per heavy atom. The number of rotatable bonds is 4. The molecule has 0 aliphatic carbocycles. The summed E-state index contributed by atoms with van der Waals surface area (Å²) in [5, 5.41) is 2.72. The van der Waals surface area contributed by atoms with E-state index < -0.39 is 5.82 Å². The van der Waals surface area contributed by atoms with Crippen molar-refractivity contribution in [2.24, 2.45) is 5.92 Å². The van der Waals surface area contributed by atoms with Crippen molar-refractivity contribution in [1.29, 1.82) is 0 Å². The van der Waals surface area contributed by atoms with Crippen molar-refractivity contribution < 1.29 is 18.7 Å². The minimum Gasteiger partial charge on any atom is -0.496 e. The average molecular weight is 391 g/mol. The number of nitrogens with one attached hydrogen (secondary N) is 1. The Hall–Kier alpha value is -2.60. The summed E-state index contributed by atoms with van der Waals surface area (Å²) in [5.74, 6) is -0.456. The fourth-order valence-electron chi connectivity index (χ4n) is 3.15. The lowest BCUT2D eigenvalue weighted by Crippen LogP contribution is -2.41. The maximum Gasteiger partial charge on any atom is 0.257 e. The van der Waals surface area contributed by atoms with E-state index >= 15 is 0 Å². The van der Waals surface area contributed by atoms with Gasteiger partial charge in [0.2, 0.25) is 5.91 Å². The number of hydrogen-bond acceptors (Lipinski definition) is 3. The maximum absolute atomic E-state index is 13.2. The number of piperidine rings is 1. The number of nitrogens with zero attached hydrogens (tertiary/aromatic N) is 1. The van der Waals surface area contributed by atoms with Crippen LogP contribution in [-0.2, 0) is 4.79 Å². The van der Waals surface area contributed by atoms with Gasteiger partial charge in [-0.2, -0.15) is 0 Å². The lowest BCUT2D eigenvalue weighted by atomic mass is 9.95. The van der Waals surface area contributed by atoms with Crippen LogP contribution >= 0.6 is 11.6 Å². The van der Waals surface area contributed by atoms with Gasteiger partial charge in [0.1, 0.15) is 11.6 Å². The van der Waals surface area contributed by atoms with Crippen molar-refractivity contribution in [1.82, 2.24) is 4.90 Å². The number of methoxy groups -OCH3 is 1. The number of hydrogen-bond donors (Lipinski definition) is 1. The molecule has 2 aromatic rings. The average Bonchev–Trinajstić information content (AvgIpc) is 2.70. The molecular weight excluding hydrogens is 371 g/mol. The molecule has 27 heavy (non-hydrogen) atoms. The highest BCUT2D eigenvalue weighted by Crippen LogP contribution is 2.25. The first kappa shape index (κ1) is 19.2. The maximum atomic E-state index is 13.2. The highest BCUT2D eigenvalue weighted by atomic mass is 35.5. The Morgan fingerprint density at radius 2 is 1.89 bits per heavy atom. The number of carbonyl (C=O) groups excluding carboxylic acids is 2. The molecule has 1 heterocycles. The predicted molar refractivity (Wildman–Crippen MR) is 102 cm³/mol. The number of likely N-dealkylation sites (tertiary alicyclic amines) is 1. The van der Waals surface area contributed by atoms with Gasteiger partial charge in [0.15, 0.2) is 0 Å². The molecule has 1 aliphatic heterocycles. The molecule has 1 saturated heterocycles. The summed E-state index contributed by atoms with van der Waals surface area (Å²) >= 11 is 5.74. The van der Waals surface area contributed by atoms with Crippen molar-refractivity contribution in [3.8, 4) is 5.75 Å². The van der Waals surface area contributed by atoms with Gasteiger partial charge in [-0.25, -0.2) is 4.39 Å². The van der Waals surface area contributed by atoms with Gasteiger partial charge >= 0.3 is 0 Å². The zero-order valence-electron chi connectivity index (χ0n) is 14.9. The second kappa shape index (κ2) is 8.39. The molecular formula is C20H20ClFN2O3. The van der Waals surface area contributed by atoms with Gasteiger partial charge in [-0.15, -0.1) is 0 Å². The van der Waals surface area contributed by atoms with Crippen LogP contribution in [-0.4, -0.2) is 36.9 Å². The first-order chi connectivity index (χ1) is 13.0. The van der Waals surface area contributed by atoms with Crippen LogP contribution in [0.4, 0.5) is 10.1 Å². The van der Waals surface area contributed by atoms with Crippen molar-refractivity contribution >= 4 is 29.1 Å². The first-order valence-corrected chi connectivity index (χ1v) is 9.05. The lowest BCUT2D eigenvalue weighted by Gasteiger charge is -2.31. The third-order valence-electron chi connectivity index (χ3n) is 4.68. The van der Waals surface area contributed by atoms with Crippen LogP contribution in [0.2, 0.25) is 5.02 Å². The van der Waals surface area contributed by atoms with Crippen molar-refractivity contribution in [3.63, 3.8) is 0 Å². The normalized spacial score (nSPS) is 14.7. The highest BCUT2D eigenvalue weighted by molar-refractivity contribution is 6.31. The molecule has 3 rings (SSSR count). The number of carbonyl (C=O) groups is 2. The van der Waals surface area contributed by atoms with Gasteiger partial charge in [0.05, 0.1) is 17.7 Å². The van der Waals surface area contributed by atoms with E-state index in [9.17, 15) is 14.0 Å². The smallest absolute Gasteiger partial charge is 0.257 e. The minimum absolute atomic E-state index is 0.0370.